The molecule has 108 valence electrons. The van der Waals surface area contributed by atoms with Crippen molar-refractivity contribution < 1.29 is 5.11 Å². The van der Waals surface area contributed by atoms with Crippen molar-refractivity contribution in [1.82, 2.24) is 4.57 Å². The van der Waals surface area contributed by atoms with E-state index in [1.165, 1.54) is 35.7 Å². The van der Waals surface area contributed by atoms with Gasteiger partial charge in [-0.3, -0.25) is 0 Å². The summed E-state index contributed by atoms with van der Waals surface area (Å²) in [5.74, 6) is 0.311. The topological polar surface area (TPSA) is 25.2 Å². The summed E-state index contributed by atoms with van der Waals surface area (Å²) >= 11 is 0. The van der Waals surface area contributed by atoms with Gasteiger partial charge < -0.3 is 9.67 Å². The maximum absolute atomic E-state index is 9.46. The first-order valence-electron chi connectivity index (χ1n) is 7.67. The highest BCUT2D eigenvalue weighted by molar-refractivity contribution is 5.96. The Morgan fingerprint density at radius 1 is 0.952 bits per heavy atom. The van der Waals surface area contributed by atoms with E-state index in [2.05, 4.69) is 42.0 Å². The van der Waals surface area contributed by atoms with E-state index in [0.717, 1.165) is 12.1 Å². The average molecular weight is 279 g/mol. The molecule has 0 aliphatic rings. The van der Waals surface area contributed by atoms with E-state index in [-0.39, 0.29) is 0 Å². The third kappa shape index (κ3) is 2.80. The molecule has 2 heteroatoms. The number of hydrogen-bond donors (Lipinski definition) is 1. The van der Waals surface area contributed by atoms with Gasteiger partial charge in [0.1, 0.15) is 5.75 Å². The van der Waals surface area contributed by atoms with Crippen molar-refractivity contribution in [3.63, 3.8) is 0 Å². The molecule has 0 saturated carbocycles. The second-order valence-electron chi connectivity index (χ2n) is 5.51. The van der Waals surface area contributed by atoms with Crippen LogP contribution >= 0.6 is 0 Å². The maximum Gasteiger partial charge on any atom is 0.115 e. The summed E-state index contributed by atoms with van der Waals surface area (Å²) in [7, 11) is 0. The zero-order valence-corrected chi connectivity index (χ0v) is 12.4. The maximum atomic E-state index is 9.46. The number of nitrogens with zero attached hydrogens (tertiary/aromatic N) is 1. The van der Waals surface area contributed by atoms with Gasteiger partial charge in [0.2, 0.25) is 0 Å². The Balaban J connectivity index is 2.04. The third-order valence-electron chi connectivity index (χ3n) is 3.97. The number of benzene rings is 2. The normalized spacial score (nSPS) is 11.1. The number of fused-ring (bicyclic) bond motifs is 1. The third-order valence-corrected chi connectivity index (χ3v) is 3.97. The van der Waals surface area contributed by atoms with Gasteiger partial charge in [-0.2, -0.15) is 0 Å². The lowest BCUT2D eigenvalue weighted by Crippen LogP contribution is -1.95. The van der Waals surface area contributed by atoms with Crippen LogP contribution in [0.25, 0.3) is 22.0 Å². The van der Waals surface area contributed by atoms with E-state index >= 15 is 0 Å². The van der Waals surface area contributed by atoms with Crippen LogP contribution in [-0.4, -0.2) is 9.67 Å². The van der Waals surface area contributed by atoms with E-state index in [4.69, 9.17) is 0 Å². The summed E-state index contributed by atoms with van der Waals surface area (Å²) in [6.07, 6.45) is 5.96. The zero-order chi connectivity index (χ0) is 14.7. The van der Waals surface area contributed by atoms with E-state index in [9.17, 15) is 5.11 Å². The van der Waals surface area contributed by atoms with Crippen LogP contribution in [0.3, 0.4) is 0 Å². The summed E-state index contributed by atoms with van der Waals surface area (Å²) in [5, 5.41) is 10.7. The Kier molecular flexibility index (Phi) is 3.96. The molecule has 2 aromatic carbocycles. The van der Waals surface area contributed by atoms with Gasteiger partial charge in [0, 0.05) is 29.2 Å². The van der Waals surface area contributed by atoms with Gasteiger partial charge in [0.25, 0.3) is 0 Å². The molecule has 0 atom stereocenters. The van der Waals surface area contributed by atoms with Crippen LogP contribution in [0.1, 0.15) is 26.2 Å². The lowest BCUT2D eigenvalue weighted by molar-refractivity contribution is 0.475. The molecule has 0 aliphatic heterocycles. The smallest absolute Gasteiger partial charge is 0.115 e. The number of para-hydroxylation sites is 1. The fraction of sp³-hybridized carbons (Fsp3) is 0.263. The molecule has 0 saturated heterocycles. The molecule has 21 heavy (non-hydrogen) atoms. The Morgan fingerprint density at radius 2 is 1.71 bits per heavy atom. The van der Waals surface area contributed by atoms with Crippen LogP contribution in [0.4, 0.5) is 0 Å². The van der Waals surface area contributed by atoms with Crippen molar-refractivity contribution in [2.24, 2.45) is 0 Å². The van der Waals surface area contributed by atoms with Crippen LogP contribution in [0, 0.1) is 0 Å². The van der Waals surface area contributed by atoms with Crippen LogP contribution < -0.4 is 0 Å². The lowest BCUT2D eigenvalue weighted by Gasteiger charge is -2.03. The molecular weight excluding hydrogens is 258 g/mol. The average Bonchev–Trinajstić information content (AvgIpc) is 2.88. The highest BCUT2D eigenvalue weighted by Gasteiger charge is 2.09. The molecule has 1 aromatic heterocycles. The van der Waals surface area contributed by atoms with Gasteiger partial charge in [-0.1, -0.05) is 50.1 Å². The van der Waals surface area contributed by atoms with Crippen molar-refractivity contribution >= 4 is 10.9 Å². The van der Waals surface area contributed by atoms with Crippen LogP contribution in [0.2, 0.25) is 0 Å². The van der Waals surface area contributed by atoms with Crippen LogP contribution in [-0.2, 0) is 6.54 Å². The molecule has 2 nitrogen and oxygen atoms in total. The molecule has 3 rings (SSSR count). The minimum absolute atomic E-state index is 0.311. The standard InChI is InChI=1S/C19H21NO/c1-2-3-6-13-20-14-18(15-9-11-16(21)12-10-15)17-7-4-5-8-19(17)20/h4-5,7-12,14,21H,2-3,6,13H2,1H3. The SMILES string of the molecule is CCCCCn1cc(-c2ccc(O)cc2)c2ccccc21. The number of aromatic hydroxyl groups is 1. The largest absolute Gasteiger partial charge is 0.508 e. The molecule has 0 spiro atoms. The van der Waals surface area contributed by atoms with Gasteiger partial charge in [-0.25, -0.2) is 0 Å². The number of unbranched alkanes of at least 4 members (excludes halogenated alkanes) is 2. The molecule has 3 aromatic rings. The van der Waals surface area contributed by atoms with Crippen LogP contribution in [0.5, 0.6) is 5.75 Å². The molecule has 1 heterocycles. The number of phenolic OH excluding ortho intramolecular Hbond substituents is 1. The molecule has 0 bridgehead atoms. The van der Waals surface area contributed by atoms with Crippen molar-refractivity contribution in [1.29, 1.82) is 0 Å². The Hall–Kier alpha value is -2.22. The predicted molar refractivity (Wildman–Crippen MR) is 88.6 cm³/mol. The highest BCUT2D eigenvalue weighted by Crippen LogP contribution is 2.31. The molecular formula is C19H21NO. The fourth-order valence-corrected chi connectivity index (χ4v) is 2.83. The van der Waals surface area contributed by atoms with Crippen molar-refractivity contribution in [3.8, 4) is 16.9 Å². The summed E-state index contributed by atoms with van der Waals surface area (Å²) in [6, 6.07) is 16.0. The zero-order valence-electron chi connectivity index (χ0n) is 12.4. The number of hydrogen-bond acceptors (Lipinski definition) is 1. The Labute approximate surface area is 125 Å². The first kappa shape index (κ1) is 13.7. The van der Waals surface area contributed by atoms with Crippen molar-refractivity contribution in [2.45, 2.75) is 32.7 Å². The molecule has 0 unspecified atom stereocenters. The number of rotatable bonds is 5. The van der Waals surface area contributed by atoms with Crippen LogP contribution in [0.15, 0.2) is 54.7 Å². The van der Waals surface area contributed by atoms with E-state index in [0.29, 0.717) is 5.75 Å². The molecule has 0 fully saturated rings. The molecule has 0 amide bonds. The summed E-state index contributed by atoms with van der Waals surface area (Å²) < 4.78 is 2.35. The first-order chi connectivity index (χ1) is 10.3. The van der Waals surface area contributed by atoms with Gasteiger partial charge >= 0.3 is 0 Å². The van der Waals surface area contributed by atoms with Gasteiger partial charge in [-0.05, 0) is 30.2 Å². The second-order valence-corrected chi connectivity index (χ2v) is 5.51. The Morgan fingerprint density at radius 3 is 2.48 bits per heavy atom. The quantitative estimate of drug-likeness (QED) is 0.638. The van der Waals surface area contributed by atoms with Crippen molar-refractivity contribution in [2.75, 3.05) is 0 Å². The second kappa shape index (κ2) is 6.04. The highest BCUT2D eigenvalue weighted by atomic mass is 16.3. The number of phenols is 1. The van der Waals surface area contributed by atoms with Crippen molar-refractivity contribution in [3.05, 3.63) is 54.7 Å². The fourth-order valence-electron chi connectivity index (χ4n) is 2.83. The van der Waals surface area contributed by atoms with E-state index < -0.39 is 0 Å². The lowest BCUT2D eigenvalue weighted by atomic mass is 10.1. The molecule has 1 N–H and O–H groups in total. The molecule has 0 aliphatic carbocycles. The minimum atomic E-state index is 0.311. The summed E-state index contributed by atoms with van der Waals surface area (Å²) in [6.45, 7) is 3.29. The van der Waals surface area contributed by atoms with E-state index in [1.54, 1.807) is 12.1 Å². The minimum Gasteiger partial charge on any atom is -0.508 e. The number of aryl methyl sites for hydroxylation is 1. The molecule has 0 radical (unpaired) electrons. The van der Waals surface area contributed by atoms with Gasteiger partial charge in [-0.15, -0.1) is 0 Å². The van der Waals surface area contributed by atoms with Gasteiger partial charge in [0.05, 0.1) is 0 Å². The van der Waals surface area contributed by atoms with E-state index in [1.807, 2.05) is 12.1 Å². The van der Waals surface area contributed by atoms with Gasteiger partial charge in [0.15, 0.2) is 0 Å². The summed E-state index contributed by atoms with van der Waals surface area (Å²) in [5.41, 5.74) is 3.68. The number of aromatic nitrogens is 1. The Bertz CT molecular complexity index is 725. The summed E-state index contributed by atoms with van der Waals surface area (Å²) in [4.78, 5) is 0. The monoisotopic (exact) mass is 279 g/mol. The first-order valence-corrected chi connectivity index (χ1v) is 7.67. The predicted octanol–water partition coefficient (Wildman–Crippen LogP) is 5.20.